The molecule has 4 nitrogen and oxygen atoms in total. The summed E-state index contributed by atoms with van der Waals surface area (Å²) in [5, 5.41) is 3.38. The molecule has 0 aromatic heterocycles. The van der Waals surface area contributed by atoms with Gasteiger partial charge in [-0.1, -0.05) is 67.6 Å². The van der Waals surface area contributed by atoms with E-state index in [0.717, 1.165) is 29.2 Å². The summed E-state index contributed by atoms with van der Waals surface area (Å²) < 4.78 is 0. The summed E-state index contributed by atoms with van der Waals surface area (Å²) in [6.07, 6.45) is 1.48. The minimum Gasteiger partial charge on any atom is -0.358 e. The van der Waals surface area contributed by atoms with Gasteiger partial charge in [0.2, 0.25) is 0 Å². The first-order valence-electron chi connectivity index (χ1n) is 8.74. The summed E-state index contributed by atoms with van der Waals surface area (Å²) in [6.45, 7) is 2.56. The summed E-state index contributed by atoms with van der Waals surface area (Å²) >= 11 is 0. The molecule has 1 unspecified atom stereocenters. The number of fused-ring (bicyclic) bond motifs is 1. The first kappa shape index (κ1) is 15.6. The molecule has 2 heterocycles. The van der Waals surface area contributed by atoms with Gasteiger partial charge in [-0.3, -0.25) is 14.7 Å². The highest BCUT2D eigenvalue weighted by Crippen LogP contribution is 2.27. The van der Waals surface area contributed by atoms with Gasteiger partial charge in [-0.2, -0.15) is 0 Å². The second-order valence-corrected chi connectivity index (χ2v) is 6.41. The number of nitrogens with one attached hydrogen (secondary N) is 1. The molecule has 0 radical (unpaired) electrons. The van der Waals surface area contributed by atoms with Crippen molar-refractivity contribution in [1.29, 1.82) is 0 Å². The number of carbonyl (C=O) groups is 1. The maximum absolute atomic E-state index is 12.7. The quantitative estimate of drug-likeness (QED) is 0.935. The summed E-state index contributed by atoms with van der Waals surface area (Å²) in [4.78, 5) is 19.5. The average molecular weight is 331 g/mol. The zero-order valence-corrected chi connectivity index (χ0v) is 14.3. The van der Waals surface area contributed by atoms with E-state index < -0.39 is 0 Å². The highest BCUT2D eigenvalue weighted by atomic mass is 16.2. The van der Waals surface area contributed by atoms with Crippen LogP contribution in [0.1, 0.15) is 24.5 Å². The lowest BCUT2D eigenvalue weighted by atomic mass is 10.1. The molecule has 25 heavy (non-hydrogen) atoms. The van der Waals surface area contributed by atoms with Crippen molar-refractivity contribution in [3.63, 3.8) is 0 Å². The maximum Gasteiger partial charge on any atom is 0.251 e. The Bertz CT molecular complexity index is 840. The number of hydrogen-bond acceptors (Lipinski definition) is 3. The number of benzene rings is 2. The molecule has 1 N–H and O–H groups in total. The van der Waals surface area contributed by atoms with Gasteiger partial charge < -0.3 is 5.32 Å². The zero-order chi connectivity index (χ0) is 17.2. The predicted octanol–water partition coefficient (Wildman–Crippen LogP) is 3.11. The van der Waals surface area contributed by atoms with Crippen LogP contribution in [-0.4, -0.2) is 29.1 Å². The Labute approximate surface area is 147 Å². The van der Waals surface area contributed by atoms with E-state index in [1.165, 1.54) is 5.56 Å². The molecule has 1 atom stereocenters. The molecule has 2 aliphatic rings. The molecule has 126 valence electrons. The van der Waals surface area contributed by atoms with Gasteiger partial charge in [0.05, 0.1) is 18.0 Å². The van der Waals surface area contributed by atoms with Crippen molar-refractivity contribution in [3.8, 4) is 0 Å². The number of carbonyl (C=O) groups excluding carboxylic acids is 1. The van der Waals surface area contributed by atoms with E-state index in [0.29, 0.717) is 13.0 Å². The van der Waals surface area contributed by atoms with Crippen molar-refractivity contribution < 1.29 is 4.79 Å². The van der Waals surface area contributed by atoms with E-state index >= 15 is 0 Å². The summed E-state index contributed by atoms with van der Waals surface area (Å²) in [5.74, 6) is 1.02. The standard InChI is InChI=1S/C21H21N3O/c1-2-17-21(25)24-14-19(16-11-7-4-8-12-16)22-18(20(24)23-17)13-15-9-5-3-6-10-15/h3-12,17,23H,2,13-14H2,1H3. The lowest BCUT2D eigenvalue weighted by Gasteiger charge is -2.25. The Balaban J connectivity index is 1.75. The van der Waals surface area contributed by atoms with Gasteiger partial charge >= 0.3 is 0 Å². The van der Waals surface area contributed by atoms with Gasteiger partial charge in [-0.05, 0) is 17.5 Å². The first-order chi connectivity index (χ1) is 12.3. The summed E-state index contributed by atoms with van der Waals surface area (Å²) in [7, 11) is 0. The first-order valence-corrected chi connectivity index (χ1v) is 8.74. The molecule has 1 saturated heterocycles. The van der Waals surface area contributed by atoms with Gasteiger partial charge in [-0.25, -0.2) is 0 Å². The molecule has 2 aromatic carbocycles. The van der Waals surface area contributed by atoms with E-state index in [1.807, 2.05) is 48.2 Å². The Morgan fingerprint density at radius 1 is 1.08 bits per heavy atom. The smallest absolute Gasteiger partial charge is 0.251 e. The number of nitrogens with zero attached hydrogens (tertiary/aromatic N) is 2. The Kier molecular flexibility index (Phi) is 4.10. The molecule has 4 rings (SSSR count). The van der Waals surface area contributed by atoms with Crippen LogP contribution in [0, 0.1) is 0 Å². The highest BCUT2D eigenvalue weighted by Gasteiger charge is 2.38. The van der Waals surface area contributed by atoms with Crippen LogP contribution in [0.3, 0.4) is 0 Å². The van der Waals surface area contributed by atoms with Crippen molar-refractivity contribution in [2.45, 2.75) is 25.8 Å². The van der Waals surface area contributed by atoms with Crippen molar-refractivity contribution in [1.82, 2.24) is 10.2 Å². The zero-order valence-electron chi connectivity index (χ0n) is 14.3. The topological polar surface area (TPSA) is 44.7 Å². The molecule has 0 saturated carbocycles. The van der Waals surface area contributed by atoms with Gasteiger partial charge in [0.1, 0.15) is 11.9 Å². The molecule has 0 spiro atoms. The molecule has 1 amide bonds. The number of amides is 1. The summed E-state index contributed by atoms with van der Waals surface area (Å²) in [5.41, 5.74) is 4.14. The third kappa shape index (κ3) is 2.95. The van der Waals surface area contributed by atoms with Crippen LogP contribution in [0.5, 0.6) is 0 Å². The normalized spacial score (nSPS) is 19.6. The fraction of sp³-hybridized carbons (Fsp3) is 0.238. The second kappa shape index (κ2) is 6.55. The maximum atomic E-state index is 12.7. The van der Waals surface area contributed by atoms with E-state index in [-0.39, 0.29) is 11.9 Å². The molecule has 0 bridgehead atoms. The third-order valence-electron chi connectivity index (χ3n) is 4.73. The minimum atomic E-state index is -0.147. The number of aliphatic imine (C=N–C) groups is 1. The van der Waals surface area contributed by atoms with Crippen LogP contribution in [0.25, 0.3) is 0 Å². The molecule has 1 fully saturated rings. The molecular formula is C21H21N3O. The van der Waals surface area contributed by atoms with Crippen LogP contribution >= 0.6 is 0 Å². The van der Waals surface area contributed by atoms with E-state index in [4.69, 9.17) is 4.99 Å². The van der Waals surface area contributed by atoms with Crippen molar-refractivity contribution >= 4 is 11.6 Å². The number of rotatable bonds is 4. The van der Waals surface area contributed by atoms with E-state index in [9.17, 15) is 4.79 Å². The predicted molar refractivity (Wildman–Crippen MR) is 99.1 cm³/mol. The lowest BCUT2D eigenvalue weighted by Crippen LogP contribution is -2.36. The Morgan fingerprint density at radius 3 is 2.44 bits per heavy atom. The fourth-order valence-electron chi connectivity index (χ4n) is 3.38. The molecule has 4 heteroatoms. The van der Waals surface area contributed by atoms with Crippen LogP contribution in [-0.2, 0) is 11.2 Å². The van der Waals surface area contributed by atoms with Crippen molar-refractivity contribution in [2.24, 2.45) is 4.99 Å². The molecule has 2 aromatic rings. The highest BCUT2D eigenvalue weighted by molar-refractivity contribution is 6.06. The van der Waals surface area contributed by atoms with Gasteiger partial charge in [-0.15, -0.1) is 0 Å². The second-order valence-electron chi connectivity index (χ2n) is 6.41. The van der Waals surface area contributed by atoms with Crippen molar-refractivity contribution in [2.75, 3.05) is 6.54 Å². The minimum absolute atomic E-state index is 0.145. The number of hydrogen-bond donors (Lipinski definition) is 1. The average Bonchev–Trinajstić information content (AvgIpc) is 3.00. The Hall–Kier alpha value is -2.88. The van der Waals surface area contributed by atoms with E-state index in [1.54, 1.807) is 0 Å². The molecular weight excluding hydrogens is 310 g/mol. The van der Waals surface area contributed by atoms with Crippen LogP contribution in [0.15, 0.2) is 77.2 Å². The third-order valence-corrected chi connectivity index (χ3v) is 4.73. The van der Waals surface area contributed by atoms with Crippen LogP contribution in [0.2, 0.25) is 0 Å². The summed E-state index contributed by atoms with van der Waals surface area (Å²) in [6, 6.07) is 20.2. The van der Waals surface area contributed by atoms with Gasteiger partial charge in [0.15, 0.2) is 0 Å². The van der Waals surface area contributed by atoms with Crippen LogP contribution < -0.4 is 5.32 Å². The number of allylic oxidation sites excluding steroid dienone is 1. The van der Waals surface area contributed by atoms with Gasteiger partial charge in [0.25, 0.3) is 5.91 Å². The monoisotopic (exact) mass is 331 g/mol. The lowest BCUT2D eigenvalue weighted by molar-refractivity contribution is -0.127. The largest absolute Gasteiger partial charge is 0.358 e. The molecule has 2 aliphatic heterocycles. The molecule has 0 aliphatic carbocycles. The van der Waals surface area contributed by atoms with E-state index in [2.05, 4.69) is 29.6 Å². The van der Waals surface area contributed by atoms with Gasteiger partial charge in [0, 0.05) is 6.42 Å². The Morgan fingerprint density at radius 2 is 1.76 bits per heavy atom. The van der Waals surface area contributed by atoms with Crippen LogP contribution in [0.4, 0.5) is 0 Å². The fourth-order valence-corrected chi connectivity index (χ4v) is 3.38. The SMILES string of the molecule is CCC1NC2=C(Cc3ccccc3)N=C(c3ccccc3)CN2C1=O. The van der Waals surface area contributed by atoms with Crippen molar-refractivity contribution in [3.05, 3.63) is 83.3 Å².